The first-order chi connectivity index (χ1) is 10.1. The maximum absolute atomic E-state index is 11.8. The summed E-state index contributed by atoms with van der Waals surface area (Å²) in [6.45, 7) is 6.82. The first-order valence-electron chi connectivity index (χ1n) is 7.68. The van der Waals surface area contributed by atoms with E-state index < -0.39 is 0 Å². The van der Waals surface area contributed by atoms with Crippen LogP contribution in [0.15, 0.2) is 18.2 Å². The minimum absolute atomic E-state index is 0.0336. The van der Waals surface area contributed by atoms with E-state index in [9.17, 15) is 4.79 Å². The highest BCUT2D eigenvalue weighted by atomic mass is 32.2. The molecule has 0 spiro atoms. The first-order valence-corrected chi connectivity index (χ1v) is 8.73. The zero-order valence-electron chi connectivity index (χ0n) is 13.1. The van der Waals surface area contributed by atoms with Gasteiger partial charge in [0.2, 0.25) is 5.91 Å². The Labute approximate surface area is 131 Å². The molecule has 0 heterocycles. The van der Waals surface area contributed by atoms with Crippen molar-refractivity contribution in [1.82, 2.24) is 5.32 Å². The Morgan fingerprint density at radius 2 is 2.19 bits per heavy atom. The Morgan fingerprint density at radius 1 is 1.43 bits per heavy atom. The van der Waals surface area contributed by atoms with Crippen LogP contribution >= 0.6 is 11.8 Å². The number of hydrogen-bond donors (Lipinski definition) is 1. The lowest BCUT2D eigenvalue weighted by Crippen LogP contribution is -2.32. The largest absolute Gasteiger partial charge is 0.493 e. The topological polar surface area (TPSA) is 38.3 Å². The quantitative estimate of drug-likeness (QED) is 0.747. The predicted molar refractivity (Wildman–Crippen MR) is 89.1 cm³/mol. The van der Waals surface area contributed by atoms with Crippen LogP contribution in [-0.4, -0.2) is 29.6 Å². The molecule has 4 heteroatoms. The van der Waals surface area contributed by atoms with Crippen molar-refractivity contribution in [2.75, 3.05) is 12.4 Å². The van der Waals surface area contributed by atoms with Gasteiger partial charge in [0.15, 0.2) is 0 Å². The summed E-state index contributed by atoms with van der Waals surface area (Å²) in [4.78, 5) is 11.8. The molecule has 1 aliphatic rings. The highest BCUT2D eigenvalue weighted by Crippen LogP contribution is 2.21. The van der Waals surface area contributed by atoms with Gasteiger partial charge in [0.1, 0.15) is 5.75 Å². The smallest absolute Gasteiger partial charge is 0.233 e. The van der Waals surface area contributed by atoms with Crippen molar-refractivity contribution in [1.29, 1.82) is 0 Å². The van der Waals surface area contributed by atoms with Crippen molar-refractivity contribution in [3.63, 3.8) is 0 Å². The van der Waals surface area contributed by atoms with Crippen LogP contribution in [0.25, 0.3) is 0 Å². The summed E-state index contributed by atoms with van der Waals surface area (Å²) >= 11 is 1.70. The van der Waals surface area contributed by atoms with Gasteiger partial charge < -0.3 is 10.1 Å². The summed E-state index contributed by atoms with van der Waals surface area (Å²) < 4.78 is 5.82. The molecule has 0 saturated heterocycles. The number of ether oxygens (including phenoxy) is 1. The number of nitrogens with one attached hydrogen (secondary N) is 1. The fourth-order valence-electron chi connectivity index (χ4n) is 1.99. The Balaban J connectivity index is 1.60. The number of hydrogen-bond acceptors (Lipinski definition) is 3. The van der Waals surface area contributed by atoms with Gasteiger partial charge in [0.25, 0.3) is 0 Å². The monoisotopic (exact) mass is 307 g/mol. The highest BCUT2D eigenvalue weighted by molar-refractivity contribution is 8.00. The second kappa shape index (κ2) is 7.74. The maximum Gasteiger partial charge on any atom is 0.233 e. The van der Waals surface area contributed by atoms with E-state index in [4.69, 9.17) is 4.74 Å². The minimum atomic E-state index is 0.0336. The van der Waals surface area contributed by atoms with E-state index in [-0.39, 0.29) is 11.2 Å². The Kier molecular flexibility index (Phi) is 5.97. The van der Waals surface area contributed by atoms with E-state index in [1.54, 1.807) is 11.8 Å². The molecule has 1 atom stereocenters. The van der Waals surface area contributed by atoms with Crippen LogP contribution in [0.4, 0.5) is 0 Å². The van der Waals surface area contributed by atoms with E-state index >= 15 is 0 Å². The van der Waals surface area contributed by atoms with Crippen molar-refractivity contribution in [2.45, 2.75) is 51.3 Å². The molecule has 0 radical (unpaired) electrons. The van der Waals surface area contributed by atoms with E-state index in [2.05, 4.69) is 37.4 Å². The molecule has 0 aromatic heterocycles. The van der Waals surface area contributed by atoms with Crippen LogP contribution in [0.1, 0.15) is 37.3 Å². The third kappa shape index (κ3) is 5.62. The molecule has 116 valence electrons. The number of carbonyl (C=O) groups excluding carboxylic acids is 1. The van der Waals surface area contributed by atoms with Crippen LogP contribution in [0.2, 0.25) is 0 Å². The molecule has 3 nitrogen and oxygen atoms in total. The SMILES string of the molecule is Cc1ccc(C)c(OCCCSC(C)C(=O)NC2CC2)c1. The van der Waals surface area contributed by atoms with Crippen molar-refractivity contribution >= 4 is 17.7 Å². The number of aryl methyl sites for hydroxylation is 2. The lowest BCUT2D eigenvalue weighted by atomic mass is 10.1. The maximum atomic E-state index is 11.8. The van der Waals surface area contributed by atoms with Gasteiger partial charge in [-0.1, -0.05) is 12.1 Å². The van der Waals surface area contributed by atoms with Gasteiger partial charge in [-0.05, 0) is 63.0 Å². The first kappa shape index (κ1) is 16.2. The Hall–Kier alpha value is -1.16. The summed E-state index contributed by atoms with van der Waals surface area (Å²) in [5.41, 5.74) is 2.39. The number of rotatable bonds is 8. The van der Waals surface area contributed by atoms with Crippen molar-refractivity contribution < 1.29 is 9.53 Å². The van der Waals surface area contributed by atoms with E-state index in [1.165, 1.54) is 11.1 Å². The molecule has 1 aliphatic carbocycles. The summed E-state index contributed by atoms with van der Waals surface area (Å²) in [5, 5.41) is 3.08. The zero-order valence-corrected chi connectivity index (χ0v) is 14.0. The second-order valence-electron chi connectivity index (χ2n) is 5.77. The number of thioether (sulfide) groups is 1. The Morgan fingerprint density at radius 3 is 2.90 bits per heavy atom. The number of carbonyl (C=O) groups is 1. The Bertz CT molecular complexity index is 486. The molecule has 1 fully saturated rings. The van der Waals surface area contributed by atoms with Crippen LogP contribution < -0.4 is 10.1 Å². The van der Waals surface area contributed by atoms with Crippen molar-refractivity contribution in [2.24, 2.45) is 0 Å². The normalized spacial score (nSPS) is 15.6. The van der Waals surface area contributed by atoms with Gasteiger partial charge in [-0.3, -0.25) is 4.79 Å². The summed E-state index contributed by atoms with van der Waals surface area (Å²) in [7, 11) is 0. The van der Waals surface area contributed by atoms with E-state index in [0.717, 1.165) is 30.8 Å². The molecule has 2 rings (SSSR count). The number of amides is 1. The molecule has 1 N–H and O–H groups in total. The van der Waals surface area contributed by atoms with Crippen LogP contribution in [0.5, 0.6) is 5.75 Å². The molecule has 0 bridgehead atoms. The van der Waals surface area contributed by atoms with Gasteiger partial charge in [0, 0.05) is 6.04 Å². The zero-order chi connectivity index (χ0) is 15.2. The molecule has 1 aromatic rings. The van der Waals surface area contributed by atoms with Crippen LogP contribution in [-0.2, 0) is 4.79 Å². The lowest BCUT2D eigenvalue weighted by Gasteiger charge is -2.12. The van der Waals surface area contributed by atoms with Crippen molar-refractivity contribution in [3.05, 3.63) is 29.3 Å². The van der Waals surface area contributed by atoms with Gasteiger partial charge in [-0.2, -0.15) is 0 Å². The average molecular weight is 307 g/mol. The van der Waals surface area contributed by atoms with Gasteiger partial charge in [-0.15, -0.1) is 11.8 Å². The third-order valence-corrected chi connectivity index (χ3v) is 4.79. The average Bonchev–Trinajstić information content (AvgIpc) is 3.25. The lowest BCUT2D eigenvalue weighted by molar-refractivity contribution is -0.120. The predicted octanol–water partition coefficient (Wildman–Crippen LogP) is 3.47. The van der Waals surface area contributed by atoms with Gasteiger partial charge >= 0.3 is 0 Å². The molecule has 0 aliphatic heterocycles. The molecule has 21 heavy (non-hydrogen) atoms. The fourth-order valence-corrected chi connectivity index (χ4v) is 2.84. The van der Waals surface area contributed by atoms with Crippen molar-refractivity contribution in [3.8, 4) is 5.75 Å². The molecular formula is C17H25NO2S. The van der Waals surface area contributed by atoms with Crippen LogP contribution in [0.3, 0.4) is 0 Å². The molecular weight excluding hydrogens is 282 g/mol. The third-order valence-electron chi connectivity index (χ3n) is 3.55. The molecule has 1 unspecified atom stereocenters. The van der Waals surface area contributed by atoms with E-state index in [1.807, 2.05) is 6.92 Å². The summed E-state index contributed by atoms with van der Waals surface area (Å²) in [6, 6.07) is 6.71. The summed E-state index contributed by atoms with van der Waals surface area (Å²) in [6.07, 6.45) is 3.25. The minimum Gasteiger partial charge on any atom is -0.493 e. The molecule has 1 amide bonds. The van der Waals surface area contributed by atoms with Gasteiger partial charge in [-0.25, -0.2) is 0 Å². The second-order valence-corrected chi connectivity index (χ2v) is 7.22. The molecule has 1 aromatic carbocycles. The van der Waals surface area contributed by atoms with Gasteiger partial charge in [0.05, 0.1) is 11.9 Å². The standard InChI is InChI=1S/C17H25NO2S/c1-12-5-6-13(2)16(11-12)20-9-4-10-21-14(3)17(19)18-15-7-8-15/h5-6,11,14-15H,4,7-10H2,1-3H3,(H,18,19). The molecule has 1 saturated carbocycles. The fraction of sp³-hybridized carbons (Fsp3) is 0.588. The summed E-state index contributed by atoms with van der Waals surface area (Å²) in [5.74, 6) is 2.10. The van der Waals surface area contributed by atoms with E-state index in [0.29, 0.717) is 12.6 Å². The number of benzene rings is 1. The van der Waals surface area contributed by atoms with Crippen LogP contribution in [0, 0.1) is 13.8 Å². The highest BCUT2D eigenvalue weighted by Gasteiger charge is 2.25.